The maximum atomic E-state index is 3.69. The van der Waals surface area contributed by atoms with Crippen LogP contribution in [0.5, 0.6) is 0 Å². The summed E-state index contributed by atoms with van der Waals surface area (Å²) in [6, 6.07) is 1.51. The lowest BCUT2D eigenvalue weighted by molar-refractivity contribution is 0.268. The number of hydrogen-bond donors (Lipinski definition) is 1. The Morgan fingerprint density at radius 3 is 2.62 bits per heavy atom. The van der Waals surface area contributed by atoms with Gasteiger partial charge in [-0.15, -0.1) is 0 Å². The first-order chi connectivity index (χ1) is 6.25. The largest absolute Gasteiger partial charge is 0.312 e. The van der Waals surface area contributed by atoms with E-state index in [1.165, 1.54) is 38.9 Å². The van der Waals surface area contributed by atoms with Crippen molar-refractivity contribution < 1.29 is 0 Å². The maximum absolute atomic E-state index is 3.69. The Morgan fingerprint density at radius 1 is 1.31 bits per heavy atom. The third kappa shape index (κ3) is 2.68. The van der Waals surface area contributed by atoms with Crippen LogP contribution in [-0.2, 0) is 0 Å². The second kappa shape index (κ2) is 3.97. The monoisotopic (exact) mass is 182 g/mol. The first-order valence-electron chi connectivity index (χ1n) is 5.73. The van der Waals surface area contributed by atoms with Gasteiger partial charge in [-0.3, -0.25) is 4.90 Å². The quantitative estimate of drug-likeness (QED) is 0.708. The molecule has 2 aliphatic rings. The summed E-state index contributed by atoms with van der Waals surface area (Å²) in [4.78, 5) is 2.57. The maximum Gasteiger partial charge on any atom is 0.0207 e. The third-order valence-corrected chi connectivity index (χ3v) is 3.34. The molecule has 0 bridgehead atoms. The number of rotatable bonds is 4. The molecule has 1 aliphatic carbocycles. The van der Waals surface area contributed by atoms with Crippen LogP contribution in [0.1, 0.15) is 33.1 Å². The highest BCUT2D eigenvalue weighted by Gasteiger charge is 2.26. The van der Waals surface area contributed by atoms with Crippen molar-refractivity contribution in [3.05, 3.63) is 0 Å². The Balaban J connectivity index is 1.65. The highest BCUT2D eigenvalue weighted by molar-refractivity contribution is 4.85. The molecule has 1 atom stereocenters. The fourth-order valence-electron chi connectivity index (χ4n) is 2.08. The van der Waals surface area contributed by atoms with Crippen LogP contribution in [0.15, 0.2) is 0 Å². The molecule has 0 aromatic rings. The van der Waals surface area contributed by atoms with Crippen molar-refractivity contribution in [3.63, 3.8) is 0 Å². The lowest BCUT2D eigenvalue weighted by Gasteiger charge is -2.20. The van der Waals surface area contributed by atoms with E-state index < -0.39 is 0 Å². The molecular weight excluding hydrogens is 160 g/mol. The minimum absolute atomic E-state index is 0.729. The molecule has 0 radical (unpaired) electrons. The van der Waals surface area contributed by atoms with Gasteiger partial charge in [-0.2, -0.15) is 0 Å². The van der Waals surface area contributed by atoms with Crippen LogP contribution >= 0.6 is 0 Å². The molecule has 13 heavy (non-hydrogen) atoms. The Bertz CT molecular complexity index is 163. The summed E-state index contributed by atoms with van der Waals surface area (Å²) in [6.45, 7) is 8.42. The smallest absolute Gasteiger partial charge is 0.0207 e. The number of nitrogens with one attached hydrogen (secondary N) is 1. The van der Waals surface area contributed by atoms with Crippen molar-refractivity contribution >= 4 is 0 Å². The molecule has 0 aromatic carbocycles. The van der Waals surface area contributed by atoms with Gasteiger partial charge in [-0.1, -0.05) is 0 Å². The average Bonchev–Trinajstić information content (AvgIpc) is 2.79. The van der Waals surface area contributed by atoms with Crippen LogP contribution < -0.4 is 5.32 Å². The molecule has 2 heteroatoms. The number of hydrogen-bond acceptors (Lipinski definition) is 2. The first kappa shape index (κ1) is 9.47. The summed E-state index contributed by atoms with van der Waals surface area (Å²) in [7, 11) is 0. The second-order valence-electron chi connectivity index (χ2n) is 4.93. The average molecular weight is 182 g/mol. The number of nitrogens with zero attached hydrogens (tertiary/aromatic N) is 1. The minimum Gasteiger partial charge on any atom is -0.312 e. The molecule has 1 N–H and O–H groups in total. The summed E-state index contributed by atoms with van der Waals surface area (Å²) in [5.74, 6) is 1.02. The topological polar surface area (TPSA) is 15.3 Å². The molecule has 0 amide bonds. The zero-order valence-corrected chi connectivity index (χ0v) is 8.92. The molecule has 1 heterocycles. The molecular formula is C11H22N2. The van der Waals surface area contributed by atoms with Crippen molar-refractivity contribution in [1.29, 1.82) is 0 Å². The Hall–Kier alpha value is -0.0800. The third-order valence-electron chi connectivity index (χ3n) is 3.34. The molecule has 2 nitrogen and oxygen atoms in total. The van der Waals surface area contributed by atoms with Crippen LogP contribution in [0.4, 0.5) is 0 Å². The van der Waals surface area contributed by atoms with E-state index in [0.29, 0.717) is 0 Å². The van der Waals surface area contributed by atoms with E-state index in [2.05, 4.69) is 24.1 Å². The van der Waals surface area contributed by atoms with E-state index in [1.54, 1.807) is 0 Å². The SMILES string of the molecule is CC(C)N1CCC(NCC2CC2)C1. The highest BCUT2D eigenvalue weighted by Crippen LogP contribution is 2.28. The van der Waals surface area contributed by atoms with Crippen molar-refractivity contribution in [2.24, 2.45) is 5.92 Å². The molecule has 1 aliphatic heterocycles. The molecule has 0 spiro atoms. The molecule has 2 rings (SSSR count). The van der Waals surface area contributed by atoms with Gasteiger partial charge in [0.15, 0.2) is 0 Å². The van der Waals surface area contributed by atoms with Gasteiger partial charge in [0, 0.05) is 18.6 Å². The predicted molar refractivity (Wildman–Crippen MR) is 55.8 cm³/mol. The fourth-order valence-corrected chi connectivity index (χ4v) is 2.08. The number of likely N-dealkylation sites (tertiary alicyclic amines) is 1. The highest BCUT2D eigenvalue weighted by atomic mass is 15.2. The van der Waals surface area contributed by atoms with Gasteiger partial charge >= 0.3 is 0 Å². The molecule has 1 unspecified atom stereocenters. The zero-order valence-electron chi connectivity index (χ0n) is 8.92. The van der Waals surface area contributed by atoms with Crippen molar-refractivity contribution in [2.45, 2.75) is 45.2 Å². The van der Waals surface area contributed by atoms with Gasteiger partial charge in [0.25, 0.3) is 0 Å². The van der Waals surface area contributed by atoms with Gasteiger partial charge in [0.2, 0.25) is 0 Å². The summed E-state index contributed by atoms with van der Waals surface area (Å²) in [6.07, 6.45) is 4.28. The first-order valence-corrected chi connectivity index (χ1v) is 5.73. The summed E-state index contributed by atoms with van der Waals surface area (Å²) in [5.41, 5.74) is 0. The van der Waals surface area contributed by atoms with Crippen molar-refractivity contribution in [2.75, 3.05) is 19.6 Å². The Kier molecular flexibility index (Phi) is 2.89. The molecule has 1 saturated carbocycles. The molecule has 0 aromatic heterocycles. The van der Waals surface area contributed by atoms with E-state index in [0.717, 1.165) is 18.0 Å². The lowest BCUT2D eigenvalue weighted by Crippen LogP contribution is -2.35. The predicted octanol–water partition coefficient (Wildman–Crippen LogP) is 1.47. The van der Waals surface area contributed by atoms with Crippen LogP contribution in [0.3, 0.4) is 0 Å². The van der Waals surface area contributed by atoms with Crippen molar-refractivity contribution in [1.82, 2.24) is 10.2 Å². The van der Waals surface area contributed by atoms with Crippen LogP contribution in [0.25, 0.3) is 0 Å². The molecule has 76 valence electrons. The van der Waals surface area contributed by atoms with E-state index in [9.17, 15) is 0 Å². The van der Waals surface area contributed by atoms with Crippen LogP contribution in [0.2, 0.25) is 0 Å². The molecule has 1 saturated heterocycles. The Morgan fingerprint density at radius 2 is 2.08 bits per heavy atom. The van der Waals surface area contributed by atoms with E-state index in [1.807, 2.05) is 0 Å². The lowest BCUT2D eigenvalue weighted by atomic mass is 10.2. The standard InChI is InChI=1S/C11H22N2/c1-9(2)13-6-5-11(8-13)12-7-10-3-4-10/h9-12H,3-8H2,1-2H3. The molecule has 2 fully saturated rings. The normalized spacial score (nSPS) is 30.2. The minimum atomic E-state index is 0.729. The van der Waals surface area contributed by atoms with Crippen LogP contribution in [-0.4, -0.2) is 36.6 Å². The van der Waals surface area contributed by atoms with E-state index in [-0.39, 0.29) is 0 Å². The van der Waals surface area contributed by atoms with Crippen LogP contribution in [0, 0.1) is 5.92 Å². The van der Waals surface area contributed by atoms with Crippen molar-refractivity contribution in [3.8, 4) is 0 Å². The fraction of sp³-hybridized carbons (Fsp3) is 1.00. The van der Waals surface area contributed by atoms with Gasteiger partial charge in [-0.25, -0.2) is 0 Å². The zero-order chi connectivity index (χ0) is 9.26. The van der Waals surface area contributed by atoms with Gasteiger partial charge in [0.1, 0.15) is 0 Å². The van der Waals surface area contributed by atoms with Gasteiger partial charge in [0.05, 0.1) is 0 Å². The summed E-state index contributed by atoms with van der Waals surface area (Å²) >= 11 is 0. The van der Waals surface area contributed by atoms with E-state index in [4.69, 9.17) is 0 Å². The van der Waals surface area contributed by atoms with Gasteiger partial charge in [-0.05, 0) is 52.1 Å². The Labute approximate surface area is 81.7 Å². The van der Waals surface area contributed by atoms with E-state index >= 15 is 0 Å². The summed E-state index contributed by atoms with van der Waals surface area (Å²) < 4.78 is 0. The summed E-state index contributed by atoms with van der Waals surface area (Å²) in [5, 5.41) is 3.69. The second-order valence-corrected chi connectivity index (χ2v) is 4.93. The van der Waals surface area contributed by atoms with Gasteiger partial charge < -0.3 is 5.32 Å².